The van der Waals surface area contributed by atoms with Crippen LogP contribution in [0.3, 0.4) is 0 Å². The number of anilines is 7. The smallest absolute Gasteiger partial charge is 0.341 e. The molecule has 0 aliphatic carbocycles. The van der Waals surface area contributed by atoms with E-state index in [2.05, 4.69) is 0 Å². The molecule has 31 nitrogen and oxygen atoms in total. The maximum absolute atomic E-state index is 10.6. The van der Waals surface area contributed by atoms with Crippen LogP contribution in [-0.2, 0) is 0 Å². The van der Waals surface area contributed by atoms with Crippen LogP contribution in [0, 0.1) is 0 Å². The second-order valence-corrected chi connectivity index (χ2v) is 15.5. The molecule has 28 N–H and O–H groups in total. The van der Waals surface area contributed by atoms with Crippen LogP contribution >= 0.6 is 0 Å². The lowest BCUT2D eigenvalue weighted by Crippen LogP contribution is -2.10. The Balaban J connectivity index is 0.000000485. The van der Waals surface area contributed by atoms with E-state index in [1.807, 2.05) is 0 Å². The maximum Gasteiger partial charge on any atom is 0.341 e. The third kappa shape index (κ3) is 21.9. The van der Waals surface area contributed by atoms with Crippen LogP contribution < -0.4 is 40.1 Å². The standard InChI is InChI=1S/3C8H7NO4.4C7H7NO3/c9-6-2-4(7(10)11)1-5(3-6)8(12)13;9-4-1-2-5(7(10)11)6(3-4)8(12)13;9-5-3-1-2-4(7(10)11)6(5)8(12)13;8-5-1-4(7(10)11)2-6(9)3-5;8-5-3-4(7(10)11)1-2-6(5)9;8-4-2-1-3-5(9)6(4)7(10)11;8-5-3-1-2-4(6(5)9)7(10)11/h3*1-3H,9H2,(H,10,11)(H,12,13);4*1-3,9H,8H2,(H,10,11). The minimum atomic E-state index is -1.34. The highest BCUT2D eigenvalue weighted by Gasteiger charge is 2.19. The summed E-state index contributed by atoms with van der Waals surface area (Å²) in [6.07, 6.45) is 0. The van der Waals surface area contributed by atoms with Gasteiger partial charge in [-0.15, -0.1) is 0 Å². The number of nitrogen functional groups attached to an aromatic ring is 7. The zero-order valence-corrected chi connectivity index (χ0v) is 42.0. The minimum absolute atomic E-state index is 0.0116. The summed E-state index contributed by atoms with van der Waals surface area (Å²) in [7, 11) is 0. The predicted octanol–water partition coefficient (Wildman–Crippen LogP) is 4.69. The lowest BCUT2D eigenvalue weighted by atomic mass is 10.1. The Morgan fingerprint density at radius 1 is 0.265 bits per heavy atom. The van der Waals surface area contributed by atoms with E-state index in [1.165, 1.54) is 109 Å². The highest BCUT2D eigenvalue weighted by atomic mass is 16.4. The summed E-state index contributed by atoms with van der Waals surface area (Å²) in [6, 6.07) is 26.8. The van der Waals surface area contributed by atoms with Crippen molar-refractivity contribution in [2.45, 2.75) is 0 Å². The van der Waals surface area contributed by atoms with Crippen molar-refractivity contribution < 1.29 is 119 Å². The zero-order valence-electron chi connectivity index (χ0n) is 42.0. The molecule has 0 heterocycles. The molecule has 0 radical (unpaired) electrons. The number of phenols is 4. The van der Waals surface area contributed by atoms with E-state index in [-0.39, 0.29) is 118 Å². The number of carbonyl (C=O) groups is 10. The highest BCUT2D eigenvalue weighted by Crippen LogP contribution is 2.25. The molecule has 7 rings (SSSR count). The fraction of sp³-hybridized carbons (Fsp3) is 0. The zero-order chi connectivity index (χ0) is 63.7. The summed E-state index contributed by atoms with van der Waals surface area (Å²) in [5.41, 5.74) is 35.9. The first-order valence-corrected chi connectivity index (χ1v) is 21.9. The van der Waals surface area contributed by atoms with Crippen LogP contribution in [0.5, 0.6) is 23.0 Å². The van der Waals surface area contributed by atoms with Gasteiger partial charge in [-0.1, -0.05) is 18.2 Å². The second-order valence-electron chi connectivity index (χ2n) is 15.5. The number of carboxylic acid groups (broad SMARTS) is 10. The Morgan fingerprint density at radius 3 is 1.05 bits per heavy atom. The Kier molecular flexibility index (Phi) is 25.7. The van der Waals surface area contributed by atoms with Crippen LogP contribution in [0.2, 0.25) is 0 Å². The molecule has 0 saturated heterocycles. The van der Waals surface area contributed by atoms with Gasteiger partial charge < -0.3 is 112 Å². The van der Waals surface area contributed by atoms with Crippen molar-refractivity contribution in [2.75, 3.05) is 40.1 Å². The molecule has 0 bridgehead atoms. The van der Waals surface area contributed by atoms with Gasteiger partial charge in [-0.05, 0) is 103 Å². The third-order valence-electron chi connectivity index (χ3n) is 9.54. The van der Waals surface area contributed by atoms with Crippen molar-refractivity contribution in [2.24, 2.45) is 0 Å². The molecule has 0 aromatic heterocycles. The van der Waals surface area contributed by atoms with E-state index in [9.17, 15) is 47.9 Å². The quantitative estimate of drug-likeness (QED) is 0.0652. The first kappa shape index (κ1) is 68.1. The van der Waals surface area contributed by atoms with Gasteiger partial charge >= 0.3 is 59.7 Å². The number of rotatable bonds is 10. The average molecular weight is 1160 g/mol. The number of carboxylic acids is 10. The highest BCUT2D eigenvalue weighted by molar-refractivity contribution is 6.05. The normalized spacial score (nSPS) is 9.49. The number of benzene rings is 7. The topological polar surface area (TPSA) is 636 Å². The molecule has 0 saturated carbocycles. The van der Waals surface area contributed by atoms with Crippen LogP contribution in [0.4, 0.5) is 39.8 Å². The van der Waals surface area contributed by atoms with Crippen LogP contribution in [0.1, 0.15) is 104 Å². The van der Waals surface area contributed by atoms with E-state index in [0.29, 0.717) is 0 Å². The fourth-order valence-corrected chi connectivity index (χ4v) is 5.78. The summed E-state index contributed by atoms with van der Waals surface area (Å²) in [5, 5.41) is 121. The van der Waals surface area contributed by atoms with Gasteiger partial charge in [0.1, 0.15) is 28.4 Å². The van der Waals surface area contributed by atoms with Gasteiger partial charge in [-0.2, -0.15) is 0 Å². The van der Waals surface area contributed by atoms with E-state index in [1.54, 1.807) is 0 Å². The molecular formula is C52H49N7O24. The number of hydrogen-bond acceptors (Lipinski definition) is 21. The van der Waals surface area contributed by atoms with E-state index in [4.69, 9.17) is 112 Å². The predicted molar refractivity (Wildman–Crippen MR) is 292 cm³/mol. The number of phenolic OH excluding ortho intramolecular Hbond substituents is 2. The Bertz CT molecular complexity index is 3520. The van der Waals surface area contributed by atoms with Crippen molar-refractivity contribution in [3.05, 3.63) is 183 Å². The molecule has 0 aliphatic heterocycles. The molecule has 7 aromatic carbocycles. The van der Waals surface area contributed by atoms with Gasteiger partial charge in [0.25, 0.3) is 0 Å². The molecule has 0 amide bonds. The molecule has 31 heteroatoms. The number of para-hydroxylation sites is 1. The number of aromatic carboxylic acids is 10. The van der Waals surface area contributed by atoms with E-state index < -0.39 is 59.7 Å². The van der Waals surface area contributed by atoms with Gasteiger partial charge in [-0.25, -0.2) is 47.9 Å². The van der Waals surface area contributed by atoms with E-state index in [0.717, 1.165) is 18.2 Å². The first-order chi connectivity index (χ1) is 38.5. The lowest BCUT2D eigenvalue weighted by Gasteiger charge is -2.03. The van der Waals surface area contributed by atoms with Crippen molar-refractivity contribution in [3.8, 4) is 23.0 Å². The molecule has 0 unspecified atom stereocenters. The summed E-state index contributed by atoms with van der Waals surface area (Å²) in [6.45, 7) is 0. The molecule has 436 valence electrons. The summed E-state index contributed by atoms with van der Waals surface area (Å²) in [5.74, 6) is -13.1. The first-order valence-electron chi connectivity index (χ1n) is 21.9. The molecular weight excluding hydrogens is 1110 g/mol. The largest absolute Gasteiger partial charge is 0.508 e. The Labute approximate surface area is 464 Å². The average Bonchev–Trinajstić information content (AvgIpc) is 3.39. The lowest BCUT2D eigenvalue weighted by molar-refractivity contribution is 0.0651. The van der Waals surface area contributed by atoms with Gasteiger partial charge in [0.15, 0.2) is 5.75 Å². The van der Waals surface area contributed by atoms with Crippen molar-refractivity contribution in [1.82, 2.24) is 0 Å². The second kappa shape index (κ2) is 31.3. The van der Waals surface area contributed by atoms with Crippen LogP contribution in [-0.4, -0.2) is 131 Å². The number of hydrogen-bond donors (Lipinski definition) is 21. The van der Waals surface area contributed by atoms with Crippen LogP contribution in [0.25, 0.3) is 0 Å². The summed E-state index contributed by atoms with van der Waals surface area (Å²) in [4.78, 5) is 105. The molecule has 83 heavy (non-hydrogen) atoms. The molecule has 0 fully saturated rings. The molecule has 0 aliphatic rings. The van der Waals surface area contributed by atoms with E-state index >= 15 is 0 Å². The van der Waals surface area contributed by atoms with Gasteiger partial charge in [0.2, 0.25) is 0 Å². The fourth-order valence-electron chi connectivity index (χ4n) is 5.78. The van der Waals surface area contributed by atoms with Gasteiger partial charge in [0, 0.05) is 34.5 Å². The third-order valence-corrected chi connectivity index (χ3v) is 9.54. The number of aromatic hydroxyl groups is 4. The van der Waals surface area contributed by atoms with Gasteiger partial charge in [0.05, 0.1) is 55.9 Å². The Hall–Kier alpha value is -13.0. The molecule has 0 atom stereocenters. The SMILES string of the molecule is Nc1cc(C(=O)O)cc(C(=O)O)c1.Nc1cc(C(=O)O)ccc1O.Nc1cc(O)cc(C(=O)O)c1.Nc1ccc(C(=O)O)c(C(=O)O)c1.Nc1cccc(C(=O)O)c1C(=O)O.Nc1cccc(C(=O)O)c1O.Nc1cccc(O)c1C(=O)O. The molecule has 0 spiro atoms. The van der Waals surface area contributed by atoms with Crippen molar-refractivity contribution in [1.29, 1.82) is 0 Å². The van der Waals surface area contributed by atoms with Gasteiger partial charge in [-0.3, -0.25) is 0 Å². The van der Waals surface area contributed by atoms with Crippen molar-refractivity contribution >= 4 is 99.5 Å². The Morgan fingerprint density at radius 2 is 0.675 bits per heavy atom. The molecule has 7 aromatic rings. The monoisotopic (exact) mass is 1160 g/mol. The summed E-state index contributed by atoms with van der Waals surface area (Å²) >= 11 is 0. The van der Waals surface area contributed by atoms with Crippen LogP contribution in [0.15, 0.2) is 127 Å². The minimum Gasteiger partial charge on any atom is -0.508 e. The number of nitrogens with two attached hydrogens (primary N) is 7. The van der Waals surface area contributed by atoms with Crippen molar-refractivity contribution in [3.63, 3.8) is 0 Å². The maximum atomic E-state index is 10.6. The summed E-state index contributed by atoms with van der Waals surface area (Å²) < 4.78 is 0.